The lowest BCUT2D eigenvalue weighted by atomic mass is 10.3. The van der Waals surface area contributed by atoms with Gasteiger partial charge < -0.3 is 10.1 Å². The molecule has 6 heteroatoms. The fraction of sp³-hybridized carbons (Fsp3) is 0.364. The third kappa shape index (κ3) is 5.94. The molecule has 1 rings (SSSR count). The van der Waals surface area contributed by atoms with Gasteiger partial charge in [0.15, 0.2) is 5.11 Å². The van der Waals surface area contributed by atoms with Crippen LogP contribution < -0.4 is 10.7 Å². The first-order valence-electron chi connectivity index (χ1n) is 5.21. The summed E-state index contributed by atoms with van der Waals surface area (Å²) in [5.74, 6) is 0. The number of nitrogens with zero attached hydrogens (tertiary/aromatic N) is 2. The Bertz CT molecular complexity index is 369. The normalized spacial score (nSPS) is 12.4. The third-order valence-electron chi connectivity index (χ3n) is 1.88. The van der Waals surface area contributed by atoms with Gasteiger partial charge in [-0.1, -0.05) is 0 Å². The molecule has 17 heavy (non-hydrogen) atoms. The Hall–Kier alpha value is -1.53. The minimum Gasteiger partial charge on any atom is -0.383 e. The Morgan fingerprint density at radius 3 is 2.94 bits per heavy atom. The molecule has 1 aromatic heterocycles. The molecule has 0 saturated carbocycles. The van der Waals surface area contributed by atoms with Gasteiger partial charge in [0, 0.05) is 25.5 Å². The van der Waals surface area contributed by atoms with E-state index in [9.17, 15) is 0 Å². The Kier molecular flexibility index (Phi) is 6.13. The number of aromatic nitrogens is 1. The Morgan fingerprint density at radius 2 is 2.29 bits per heavy atom. The SMILES string of the molecule is COC[C@H](C)NC(=S)N/N=C\c1ccncc1. The molecule has 0 spiro atoms. The van der Waals surface area contributed by atoms with Crippen LogP contribution in [0.25, 0.3) is 0 Å². The van der Waals surface area contributed by atoms with Gasteiger partial charge in [-0.05, 0) is 36.8 Å². The summed E-state index contributed by atoms with van der Waals surface area (Å²) in [4.78, 5) is 3.91. The van der Waals surface area contributed by atoms with Crippen LogP contribution in [0.3, 0.4) is 0 Å². The van der Waals surface area contributed by atoms with E-state index >= 15 is 0 Å². The molecule has 0 saturated heterocycles. The van der Waals surface area contributed by atoms with E-state index in [4.69, 9.17) is 17.0 Å². The molecule has 5 nitrogen and oxygen atoms in total. The number of rotatable bonds is 5. The van der Waals surface area contributed by atoms with Crippen LogP contribution in [0.2, 0.25) is 0 Å². The van der Waals surface area contributed by atoms with Gasteiger partial charge in [0.1, 0.15) is 0 Å². The van der Waals surface area contributed by atoms with Crippen molar-refractivity contribution in [2.75, 3.05) is 13.7 Å². The molecule has 1 heterocycles. The Balaban J connectivity index is 2.31. The standard InChI is InChI=1S/C11H16N4OS/c1-9(8-16-2)14-11(17)15-13-7-10-3-5-12-6-4-10/h3-7,9H,8H2,1-2H3,(H2,14,15,17)/b13-7-/t9-/m0/s1. The minimum absolute atomic E-state index is 0.149. The number of methoxy groups -OCH3 is 1. The summed E-state index contributed by atoms with van der Waals surface area (Å²) in [5, 5.41) is 7.52. The van der Waals surface area contributed by atoms with Gasteiger partial charge in [0.25, 0.3) is 0 Å². The summed E-state index contributed by atoms with van der Waals surface area (Å²) >= 11 is 5.06. The second-order valence-corrected chi connectivity index (χ2v) is 3.89. The lowest BCUT2D eigenvalue weighted by molar-refractivity contribution is 0.179. The zero-order chi connectivity index (χ0) is 12.5. The lowest BCUT2D eigenvalue weighted by Gasteiger charge is -2.13. The molecule has 0 fully saturated rings. The van der Waals surface area contributed by atoms with Gasteiger partial charge in [-0.3, -0.25) is 10.4 Å². The second kappa shape index (κ2) is 7.70. The molecular weight excluding hydrogens is 236 g/mol. The lowest BCUT2D eigenvalue weighted by Crippen LogP contribution is -2.40. The fourth-order valence-electron chi connectivity index (χ4n) is 1.16. The molecule has 0 aliphatic heterocycles. The molecule has 0 radical (unpaired) electrons. The second-order valence-electron chi connectivity index (χ2n) is 3.48. The number of ether oxygens (including phenoxy) is 1. The van der Waals surface area contributed by atoms with Gasteiger partial charge in [-0.2, -0.15) is 5.10 Å². The predicted molar refractivity (Wildman–Crippen MR) is 72.0 cm³/mol. The number of hydrogen-bond acceptors (Lipinski definition) is 4. The molecule has 0 amide bonds. The zero-order valence-corrected chi connectivity index (χ0v) is 10.7. The van der Waals surface area contributed by atoms with Gasteiger partial charge in [0.05, 0.1) is 12.8 Å². The fourth-order valence-corrected chi connectivity index (χ4v) is 1.42. The summed E-state index contributed by atoms with van der Waals surface area (Å²) < 4.78 is 4.98. The largest absolute Gasteiger partial charge is 0.383 e. The highest BCUT2D eigenvalue weighted by Gasteiger charge is 2.01. The first-order chi connectivity index (χ1) is 8.22. The summed E-state index contributed by atoms with van der Waals surface area (Å²) in [7, 11) is 1.65. The van der Waals surface area contributed by atoms with E-state index in [1.807, 2.05) is 19.1 Å². The highest BCUT2D eigenvalue weighted by atomic mass is 32.1. The highest BCUT2D eigenvalue weighted by molar-refractivity contribution is 7.80. The van der Waals surface area contributed by atoms with Crippen LogP contribution in [-0.4, -0.2) is 36.1 Å². The quantitative estimate of drug-likeness (QED) is 0.463. The van der Waals surface area contributed by atoms with E-state index in [1.165, 1.54) is 0 Å². The van der Waals surface area contributed by atoms with Crippen LogP contribution >= 0.6 is 12.2 Å². The maximum atomic E-state index is 5.06. The monoisotopic (exact) mass is 252 g/mol. The maximum absolute atomic E-state index is 5.06. The van der Waals surface area contributed by atoms with Crippen LogP contribution in [-0.2, 0) is 4.74 Å². The minimum atomic E-state index is 0.149. The third-order valence-corrected chi connectivity index (χ3v) is 2.09. The first-order valence-corrected chi connectivity index (χ1v) is 5.61. The molecule has 0 bridgehead atoms. The summed E-state index contributed by atoms with van der Waals surface area (Å²) in [5.41, 5.74) is 3.69. The number of nitrogens with one attached hydrogen (secondary N) is 2. The average Bonchev–Trinajstić information content (AvgIpc) is 2.30. The van der Waals surface area contributed by atoms with Gasteiger partial charge in [-0.25, -0.2) is 0 Å². The van der Waals surface area contributed by atoms with Gasteiger partial charge in [0.2, 0.25) is 0 Å². The van der Waals surface area contributed by atoms with Gasteiger partial charge in [-0.15, -0.1) is 0 Å². The predicted octanol–water partition coefficient (Wildman–Crippen LogP) is 0.914. The van der Waals surface area contributed by atoms with Gasteiger partial charge >= 0.3 is 0 Å². The topological polar surface area (TPSA) is 58.5 Å². The number of thiocarbonyl (C=S) groups is 1. The first kappa shape index (κ1) is 13.5. The smallest absolute Gasteiger partial charge is 0.187 e. The maximum Gasteiger partial charge on any atom is 0.187 e. The molecule has 1 aromatic rings. The van der Waals surface area contributed by atoms with Crippen LogP contribution in [0.5, 0.6) is 0 Å². The zero-order valence-electron chi connectivity index (χ0n) is 9.88. The van der Waals surface area contributed by atoms with Crippen molar-refractivity contribution < 1.29 is 4.74 Å². The van der Waals surface area contributed by atoms with E-state index in [2.05, 4.69) is 20.8 Å². The van der Waals surface area contributed by atoms with Crippen molar-refractivity contribution in [3.05, 3.63) is 30.1 Å². The van der Waals surface area contributed by atoms with Crippen molar-refractivity contribution in [2.24, 2.45) is 5.10 Å². The van der Waals surface area contributed by atoms with Crippen molar-refractivity contribution in [3.8, 4) is 0 Å². The van der Waals surface area contributed by atoms with Crippen molar-refractivity contribution in [2.45, 2.75) is 13.0 Å². The molecule has 0 aliphatic carbocycles. The molecule has 0 unspecified atom stereocenters. The van der Waals surface area contributed by atoms with E-state index in [-0.39, 0.29) is 6.04 Å². The number of hydrazone groups is 1. The van der Waals surface area contributed by atoms with Crippen molar-refractivity contribution in [3.63, 3.8) is 0 Å². The average molecular weight is 252 g/mol. The van der Waals surface area contributed by atoms with E-state index in [0.717, 1.165) is 5.56 Å². The Morgan fingerprint density at radius 1 is 1.59 bits per heavy atom. The van der Waals surface area contributed by atoms with E-state index in [0.29, 0.717) is 11.7 Å². The van der Waals surface area contributed by atoms with E-state index in [1.54, 1.807) is 25.7 Å². The summed E-state index contributed by atoms with van der Waals surface area (Å²) in [6, 6.07) is 3.86. The Labute approximate surface area is 106 Å². The molecule has 1 atom stereocenters. The van der Waals surface area contributed by atoms with Crippen LogP contribution in [0.4, 0.5) is 0 Å². The molecule has 0 aromatic carbocycles. The number of pyridine rings is 1. The summed E-state index contributed by atoms with van der Waals surface area (Å²) in [6.45, 7) is 2.57. The molecular formula is C11H16N4OS. The van der Waals surface area contributed by atoms with Crippen LogP contribution in [0.1, 0.15) is 12.5 Å². The summed E-state index contributed by atoms with van der Waals surface area (Å²) in [6.07, 6.45) is 5.09. The van der Waals surface area contributed by atoms with Crippen molar-refractivity contribution in [1.29, 1.82) is 0 Å². The highest BCUT2D eigenvalue weighted by Crippen LogP contribution is 1.90. The number of hydrogen-bond donors (Lipinski definition) is 2. The molecule has 2 N–H and O–H groups in total. The van der Waals surface area contributed by atoms with E-state index < -0.39 is 0 Å². The molecule has 0 aliphatic rings. The van der Waals surface area contributed by atoms with Crippen molar-refractivity contribution >= 4 is 23.5 Å². The van der Waals surface area contributed by atoms with Crippen LogP contribution in [0, 0.1) is 0 Å². The van der Waals surface area contributed by atoms with Crippen molar-refractivity contribution in [1.82, 2.24) is 15.7 Å². The van der Waals surface area contributed by atoms with Crippen LogP contribution in [0.15, 0.2) is 29.6 Å². The molecule has 92 valence electrons.